The maximum absolute atomic E-state index is 12.1. The van der Waals surface area contributed by atoms with Crippen molar-refractivity contribution in [3.8, 4) is 0 Å². The first kappa shape index (κ1) is 15.7. The van der Waals surface area contributed by atoms with Gasteiger partial charge in [0.2, 0.25) is 0 Å². The van der Waals surface area contributed by atoms with Gasteiger partial charge in [-0.15, -0.1) is 0 Å². The molecule has 1 aliphatic rings. The fourth-order valence-electron chi connectivity index (χ4n) is 2.54. The van der Waals surface area contributed by atoms with Crippen molar-refractivity contribution >= 4 is 11.8 Å². The summed E-state index contributed by atoms with van der Waals surface area (Å²) in [6.45, 7) is 9.01. The molecule has 0 spiro atoms. The number of nitrogens with two attached hydrogens (primary N) is 1. The lowest BCUT2D eigenvalue weighted by Gasteiger charge is -2.26. The maximum Gasteiger partial charge on any atom is 0.410 e. The third-order valence-electron chi connectivity index (χ3n) is 3.68. The fraction of sp³-hybridized carbons (Fsp3) is 0.733. The first-order chi connectivity index (χ1) is 9.76. The van der Waals surface area contributed by atoms with Crippen molar-refractivity contribution in [3.63, 3.8) is 0 Å². The number of hydrogen-bond donors (Lipinski definition) is 1. The minimum absolute atomic E-state index is 0.223. The summed E-state index contributed by atoms with van der Waals surface area (Å²) in [4.78, 5) is 13.9. The quantitative estimate of drug-likeness (QED) is 0.864. The molecule has 1 aromatic rings. The Balaban J connectivity index is 1.97. The highest BCUT2D eigenvalue weighted by Gasteiger charge is 2.26. The molecule has 1 aromatic heterocycles. The van der Waals surface area contributed by atoms with E-state index in [1.807, 2.05) is 38.6 Å². The molecule has 1 atom stereocenters. The predicted octanol–water partition coefficient (Wildman–Crippen LogP) is 2.74. The van der Waals surface area contributed by atoms with Gasteiger partial charge in [0.25, 0.3) is 0 Å². The Hall–Kier alpha value is -1.72. The van der Waals surface area contributed by atoms with E-state index in [-0.39, 0.29) is 6.09 Å². The van der Waals surface area contributed by atoms with Crippen LogP contribution in [0.1, 0.15) is 51.8 Å². The van der Waals surface area contributed by atoms with Crippen molar-refractivity contribution in [1.29, 1.82) is 0 Å². The summed E-state index contributed by atoms with van der Waals surface area (Å²) in [6, 6.07) is 0.299. The van der Waals surface area contributed by atoms with Crippen LogP contribution in [0.25, 0.3) is 0 Å². The number of carbonyl (C=O) groups excluding carboxylic acids is 1. The molecule has 2 N–H and O–H groups in total. The molecule has 2 rings (SSSR count). The number of anilines is 1. The number of hydrogen-bond acceptors (Lipinski definition) is 4. The average molecular weight is 294 g/mol. The number of ether oxygens (including phenoxy) is 1. The van der Waals surface area contributed by atoms with Crippen LogP contribution in [0.4, 0.5) is 10.5 Å². The zero-order valence-electron chi connectivity index (χ0n) is 13.4. The van der Waals surface area contributed by atoms with Crippen LogP contribution in [0.2, 0.25) is 0 Å². The smallest absolute Gasteiger partial charge is 0.410 e. The SMILES string of the molecule is Cc1nn(C2CCCN(C(=O)OC(C)(C)C)CC2)cc1N. The molecule has 21 heavy (non-hydrogen) atoms. The zero-order chi connectivity index (χ0) is 15.6. The number of rotatable bonds is 1. The van der Waals surface area contributed by atoms with Crippen LogP contribution in [0.15, 0.2) is 6.20 Å². The van der Waals surface area contributed by atoms with E-state index in [1.165, 1.54) is 0 Å². The van der Waals surface area contributed by atoms with Crippen molar-refractivity contribution < 1.29 is 9.53 Å². The zero-order valence-corrected chi connectivity index (χ0v) is 13.4. The molecule has 1 aliphatic heterocycles. The van der Waals surface area contributed by atoms with Crippen LogP contribution in [0.5, 0.6) is 0 Å². The molecule has 1 unspecified atom stereocenters. The van der Waals surface area contributed by atoms with Gasteiger partial charge in [-0.1, -0.05) is 0 Å². The Morgan fingerprint density at radius 1 is 1.38 bits per heavy atom. The molecule has 2 heterocycles. The minimum atomic E-state index is -0.448. The van der Waals surface area contributed by atoms with Gasteiger partial charge < -0.3 is 15.4 Å². The first-order valence-corrected chi connectivity index (χ1v) is 7.55. The van der Waals surface area contributed by atoms with Gasteiger partial charge in [0.05, 0.1) is 17.4 Å². The normalized spacial score (nSPS) is 20.2. The number of likely N-dealkylation sites (tertiary alicyclic amines) is 1. The van der Waals surface area contributed by atoms with Crippen molar-refractivity contribution in [2.45, 2.75) is 58.6 Å². The Bertz CT molecular complexity index is 485. The number of nitrogen functional groups attached to an aromatic ring is 1. The molecule has 0 bridgehead atoms. The summed E-state index contributed by atoms with van der Waals surface area (Å²) in [5.41, 5.74) is 7.00. The molecule has 1 amide bonds. The van der Waals surface area contributed by atoms with Crippen LogP contribution in [-0.4, -0.2) is 39.5 Å². The number of aromatic nitrogens is 2. The Kier molecular flexibility index (Phi) is 4.44. The number of carbonyl (C=O) groups is 1. The molecule has 1 fully saturated rings. The molecule has 6 nitrogen and oxygen atoms in total. The second-order valence-corrected chi connectivity index (χ2v) is 6.70. The number of nitrogens with zero attached hydrogens (tertiary/aromatic N) is 3. The Morgan fingerprint density at radius 2 is 2.10 bits per heavy atom. The Morgan fingerprint density at radius 3 is 2.67 bits per heavy atom. The molecule has 0 radical (unpaired) electrons. The van der Waals surface area contributed by atoms with Crippen molar-refractivity contribution in [2.75, 3.05) is 18.8 Å². The van der Waals surface area contributed by atoms with Gasteiger partial charge in [0, 0.05) is 19.3 Å². The molecular weight excluding hydrogens is 268 g/mol. The third kappa shape index (κ3) is 4.12. The molecule has 1 saturated heterocycles. The largest absolute Gasteiger partial charge is 0.444 e. The van der Waals surface area contributed by atoms with E-state index in [0.29, 0.717) is 12.6 Å². The van der Waals surface area contributed by atoms with Gasteiger partial charge >= 0.3 is 6.09 Å². The molecule has 6 heteroatoms. The predicted molar refractivity (Wildman–Crippen MR) is 82.1 cm³/mol. The fourth-order valence-corrected chi connectivity index (χ4v) is 2.54. The molecular formula is C15H26N4O2. The van der Waals surface area contributed by atoms with Crippen LogP contribution in [0.3, 0.4) is 0 Å². The lowest BCUT2D eigenvalue weighted by Crippen LogP contribution is -2.37. The standard InChI is InChI=1S/C15H26N4O2/c1-11-13(16)10-19(17-11)12-6-5-8-18(9-7-12)14(20)21-15(2,3)4/h10,12H,5-9,16H2,1-4H3. The van der Waals surface area contributed by atoms with Gasteiger partial charge in [-0.25, -0.2) is 4.79 Å². The van der Waals surface area contributed by atoms with Crippen LogP contribution in [-0.2, 0) is 4.74 Å². The molecule has 0 aromatic carbocycles. The first-order valence-electron chi connectivity index (χ1n) is 7.55. The van der Waals surface area contributed by atoms with Crippen molar-refractivity contribution in [1.82, 2.24) is 14.7 Å². The lowest BCUT2D eigenvalue weighted by molar-refractivity contribution is 0.0255. The monoisotopic (exact) mass is 294 g/mol. The van der Waals surface area contributed by atoms with E-state index >= 15 is 0 Å². The summed E-state index contributed by atoms with van der Waals surface area (Å²) < 4.78 is 7.39. The van der Waals surface area contributed by atoms with Gasteiger partial charge in [-0.05, 0) is 47.0 Å². The average Bonchev–Trinajstić information content (AvgIpc) is 2.60. The summed E-state index contributed by atoms with van der Waals surface area (Å²) in [7, 11) is 0. The summed E-state index contributed by atoms with van der Waals surface area (Å²) >= 11 is 0. The highest BCUT2D eigenvalue weighted by atomic mass is 16.6. The van der Waals surface area contributed by atoms with E-state index in [2.05, 4.69) is 5.10 Å². The van der Waals surface area contributed by atoms with Gasteiger partial charge in [0.1, 0.15) is 5.60 Å². The summed E-state index contributed by atoms with van der Waals surface area (Å²) in [6.07, 6.45) is 4.49. The Labute approximate surface area is 126 Å². The maximum atomic E-state index is 12.1. The van der Waals surface area contributed by atoms with Crippen molar-refractivity contribution in [2.24, 2.45) is 0 Å². The highest BCUT2D eigenvalue weighted by molar-refractivity contribution is 5.68. The van der Waals surface area contributed by atoms with Crippen molar-refractivity contribution in [3.05, 3.63) is 11.9 Å². The topological polar surface area (TPSA) is 73.4 Å². The lowest BCUT2D eigenvalue weighted by atomic mass is 10.1. The van der Waals surface area contributed by atoms with Gasteiger partial charge in [-0.3, -0.25) is 4.68 Å². The van der Waals surface area contributed by atoms with Crippen LogP contribution in [0, 0.1) is 6.92 Å². The third-order valence-corrected chi connectivity index (χ3v) is 3.68. The summed E-state index contributed by atoms with van der Waals surface area (Å²) in [5, 5.41) is 4.46. The highest BCUT2D eigenvalue weighted by Crippen LogP contribution is 2.24. The number of amides is 1. The van der Waals surface area contributed by atoms with E-state index in [0.717, 1.165) is 37.2 Å². The summed E-state index contributed by atoms with van der Waals surface area (Å²) in [5.74, 6) is 0. The minimum Gasteiger partial charge on any atom is -0.444 e. The van der Waals surface area contributed by atoms with Gasteiger partial charge in [0.15, 0.2) is 0 Å². The molecule has 0 saturated carbocycles. The second kappa shape index (κ2) is 5.95. The second-order valence-electron chi connectivity index (χ2n) is 6.70. The van der Waals surface area contributed by atoms with Gasteiger partial charge in [-0.2, -0.15) is 5.10 Å². The number of aryl methyl sites for hydroxylation is 1. The van der Waals surface area contributed by atoms with Crippen LogP contribution < -0.4 is 5.73 Å². The van der Waals surface area contributed by atoms with Crippen LogP contribution >= 0.6 is 0 Å². The van der Waals surface area contributed by atoms with E-state index in [9.17, 15) is 4.79 Å². The van der Waals surface area contributed by atoms with E-state index < -0.39 is 5.60 Å². The molecule has 0 aliphatic carbocycles. The van der Waals surface area contributed by atoms with E-state index in [4.69, 9.17) is 10.5 Å². The molecule has 118 valence electrons. The van der Waals surface area contributed by atoms with E-state index in [1.54, 1.807) is 4.90 Å².